The van der Waals surface area contributed by atoms with Crippen molar-refractivity contribution >= 4 is 5.91 Å². The molecule has 0 aromatic rings. The van der Waals surface area contributed by atoms with Crippen molar-refractivity contribution < 1.29 is 22.8 Å². The van der Waals surface area contributed by atoms with Crippen LogP contribution in [-0.4, -0.2) is 17.7 Å². The first-order valence-electron chi connectivity index (χ1n) is 6.14. The second kappa shape index (κ2) is 5.47. The van der Waals surface area contributed by atoms with Crippen LogP contribution in [0.4, 0.5) is 13.2 Å². The minimum atomic E-state index is -4.20. The molecule has 1 fully saturated rings. The number of hydrogen-bond donors (Lipinski definition) is 1. The van der Waals surface area contributed by atoms with Crippen molar-refractivity contribution in [2.24, 2.45) is 11.8 Å². The van der Waals surface area contributed by atoms with Gasteiger partial charge < -0.3 is 0 Å². The summed E-state index contributed by atoms with van der Waals surface area (Å²) in [5.41, 5.74) is 1.71. The quantitative estimate of drug-likeness (QED) is 0.780. The van der Waals surface area contributed by atoms with Gasteiger partial charge in [0.15, 0.2) is 0 Å². The van der Waals surface area contributed by atoms with E-state index in [4.69, 9.17) is 4.84 Å². The summed E-state index contributed by atoms with van der Waals surface area (Å²) in [5, 5.41) is 0. The Bertz CT molecular complexity index is 297. The average molecular weight is 267 g/mol. The van der Waals surface area contributed by atoms with E-state index in [9.17, 15) is 18.0 Å². The molecule has 0 saturated heterocycles. The first kappa shape index (κ1) is 15.3. The van der Waals surface area contributed by atoms with Gasteiger partial charge in [-0.3, -0.25) is 9.63 Å². The molecule has 18 heavy (non-hydrogen) atoms. The van der Waals surface area contributed by atoms with Gasteiger partial charge in [-0.15, -0.1) is 0 Å². The number of halogens is 3. The van der Waals surface area contributed by atoms with E-state index in [1.54, 1.807) is 20.8 Å². The van der Waals surface area contributed by atoms with Crippen molar-refractivity contribution in [3.05, 3.63) is 0 Å². The molecule has 1 aliphatic carbocycles. The molecule has 0 aromatic carbocycles. The molecule has 1 amide bonds. The monoisotopic (exact) mass is 267 g/mol. The van der Waals surface area contributed by atoms with Crippen LogP contribution in [0.3, 0.4) is 0 Å². The molecule has 0 spiro atoms. The SMILES string of the molecule is CC(C)(C)ONC(=O)C1CCCC(C(F)(F)F)C1. The maximum Gasteiger partial charge on any atom is 0.391 e. The summed E-state index contributed by atoms with van der Waals surface area (Å²) in [4.78, 5) is 16.8. The summed E-state index contributed by atoms with van der Waals surface area (Å²) in [6.45, 7) is 5.27. The van der Waals surface area contributed by atoms with Crippen LogP contribution in [0.1, 0.15) is 46.5 Å². The standard InChI is InChI=1S/C12H20F3NO2/c1-11(2,3)18-16-10(17)8-5-4-6-9(7-8)12(13,14)15/h8-9H,4-7H2,1-3H3,(H,16,17). The molecule has 2 atom stereocenters. The summed E-state index contributed by atoms with van der Waals surface area (Å²) in [7, 11) is 0. The van der Waals surface area contributed by atoms with Gasteiger partial charge in [0.1, 0.15) is 0 Å². The van der Waals surface area contributed by atoms with E-state index in [-0.39, 0.29) is 12.8 Å². The Morgan fingerprint density at radius 1 is 1.22 bits per heavy atom. The Morgan fingerprint density at radius 2 is 1.83 bits per heavy atom. The number of rotatable bonds is 2. The smallest absolute Gasteiger partial charge is 0.272 e. The van der Waals surface area contributed by atoms with E-state index in [0.717, 1.165) is 0 Å². The average Bonchev–Trinajstić information content (AvgIpc) is 2.24. The Morgan fingerprint density at radius 3 is 2.33 bits per heavy atom. The van der Waals surface area contributed by atoms with E-state index in [0.29, 0.717) is 12.8 Å². The number of nitrogens with one attached hydrogen (secondary N) is 1. The molecular weight excluding hydrogens is 247 g/mol. The second-order valence-corrected chi connectivity index (χ2v) is 5.78. The number of carbonyl (C=O) groups excluding carboxylic acids is 1. The second-order valence-electron chi connectivity index (χ2n) is 5.78. The van der Waals surface area contributed by atoms with E-state index >= 15 is 0 Å². The third-order valence-electron chi connectivity index (χ3n) is 2.97. The highest BCUT2D eigenvalue weighted by Crippen LogP contribution is 2.39. The highest BCUT2D eigenvalue weighted by atomic mass is 19.4. The number of hydrogen-bond acceptors (Lipinski definition) is 2. The van der Waals surface area contributed by atoms with Crippen LogP contribution in [0.25, 0.3) is 0 Å². The van der Waals surface area contributed by atoms with Crippen LogP contribution in [-0.2, 0) is 9.63 Å². The van der Waals surface area contributed by atoms with Crippen LogP contribution in [0, 0.1) is 11.8 Å². The van der Waals surface area contributed by atoms with Crippen molar-refractivity contribution in [1.82, 2.24) is 5.48 Å². The molecule has 2 unspecified atom stereocenters. The Balaban J connectivity index is 2.49. The first-order valence-corrected chi connectivity index (χ1v) is 6.14. The molecule has 0 radical (unpaired) electrons. The van der Waals surface area contributed by atoms with Crippen molar-refractivity contribution in [1.29, 1.82) is 0 Å². The molecule has 0 aromatic heterocycles. The Hall–Kier alpha value is -0.780. The predicted octanol–water partition coefficient (Wildman–Crippen LogP) is 3.20. The van der Waals surface area contributed by atoms with Crippen molar-refractivity contribution in [2.75, 3.05) is 0 Å². The maximum absolute atomic E-state index is 12.6. The minimum absolute atomic E-state index is 0.118. The fourth-order valence-corrected chi connectivity index (χ4v) is 2.01. The van der Waals surface area contributed by atoms with E-state index in [2.05, 4.69) is 5.48 Å². The number of alkyl halides is 3. The molecule has 6 heteroatoms. The van der Waals surface area contributed by atoms with Gasteiger partial charge in [-0.25, -0.2) is 5.48 Å². The Labute approximate surface area is 105 Å². The zero-order valence-electron chi connectivity index (χ0n) is 10.9. The van der Waals surface area contributed by atoms with Crippen LogP contribution < -0.4 is 5.48 Å². The van der Waals surface area contributed by atoms with Gasteiger partial charge in [0.05, 0.1) is 11.5 Å². The van der Waals surface area contributed by atoms with Crippen LogP contribution in [0.2, 0.25) is 0 Å². The van der Waals surface area contributed by atoms with Gasteiger partial charge in [0.2, 0.25) is 5.91 Å². The number of carbonyl (C=O) groups is 1. The van der Waals surface area contributed by atoms with Gasteiger partial charge in [0, 0.05) is 5.92 Å². The van der Waals surface area contributed by atoms with Crippen LogP contribution >= 0.6 is 0 Å². The lowest BCUT2D eigenvalue weighted by Crippen LogP contribution is -2.40. The molecule has 1 saturated carbocycles. The molecule has 0 bridgehead atoms. The van der Waals surface area contributed by atoms with Gasteiger partial charge in [-0.2, -0.15) is 13.2 Å². The zero-order valence-corrected chi connectivity index (χ0v) is 10.9. The molecule has 1 N–H and O–H groups in total. The van der Waals surface area contributed by atoms with E-state index in [1.165, 1.54) is 0 Å². The zero-order chi connectivity index (χ0) is 14.0. The number of hydroxylamine groups is 1. The predicted molar refractivity (Wildman–Crippen MR) is 60.5 cm³/mol. The molecule has 0 aliphatic heterocycles. The fraction of sp³-hybridized carbons (Fsp3) is 0.917. The van der Waals surface area contributed by atoms with Crippen molar-refractivity contribution in [3.8, 4) is 0 Å². The van der Waals surface area contributed by atoms with Gasteiger partial charge in [-0.05, 0) is 40.0 Å². The summed E-state index contributed by atoms with van der Waals surface area (Å²) >= 11 is 0. The lowest BCUT2D eigenvalue weighted by atomic mass is 9.81. The minimum Gasteiger partial charge on any atom is -0.272 e. The summed E-state index contributed by atoms with van der Waals surface area (Å²) < 4.78 is 37.8. The summed E-state index contributed by atoms with van der Waals surface area (Å²) in [6, 6.07) is 0. The van der Waals surface area contributed by atoms with E-state index < -0.39 is 29.5 Å². The first-order chi connectivity index (χ1) is 8.09. The third kappa shape index (κ3) is 4.84. The van der Waals surface area contributed by atoms with E-state index in [1.807, 2.05) is 0 Å². The van der Waals surface area contributed by atoms with Crippen molar-refractivity contribution in [2.45, 2.75) is 58.2 Å². The Kier molecular flexibility index (Phi) is 4.64. The number of amides is 1. The van der Waals surface area contributed by atoms with Gasteiger partial charge >= 0.3 is 6.18 Å². The van der Waals surface area contributed by atoms with Crippen LogP contribution in [0.15, 0.2) is 0 Å². The molecule has 1 rings (SSSR count). The summed E-state index contributed by atoms with van der Waals surface area (Å²) in [6.07, 6.45) is -3.30. The lowest BCUT2D eigenvalue weighted by Gasteiger charge is -2.30. The largest absolute Gasteiger partial charge is 0.391 e. The molecule has 106 valence electrons. The van der Waals surface area contributed by atoms with Crippen LogP contribution in [0.5, 0.6) is 0 Å². The van der Waals surface area contributed by atoms with Crippen molar-refractivity contribution in [3.63, 3.8) is 0 Å². The fourth-order valence-electron chi connectivity index (χ4n) is 2.01. The molecule has 0 heterocycles. The van der Waals surface area contributed by atoms with Gasteiger partial charge in [-0.1, -0.05) is 6.42 Å². The molecule has 3 nitrogen and oxygen atoms in total. The normalized spacial score (nSPS) is 25.9. The van der Waals surface area contributed by atoms with Gasteiger partial charge in [0.25, 0.3) is 0 Å². The maximum atomic E-state index is 12.6. The molecule has 1 aliphatic rings. The lowest BCUT2D eigenvalue weighted by molar-refractivity contribution is -0.188. The third-order valence-corrected chi connectivity index (χ3v) is 2.97. The molecular formula is C12H20F3NO2. The highest BCUT2D eigenvalue weighted by Gasteiger charge is 2.43. The highest BCUT2D eigenvalue weighted by molar-refractivity contribution is 5.77. The topological polar surface area (TPSA) is 38.3 Å². The summed E-state index contributed by atoms with van der Waals surface area (Å²) in [5.74, 6) is -2.41.